The van der Waals surface area contributed by atoms with E-state index in [0.717, 1.165) is 32.1 Å². The highest BCUT2D eigenvalue weighted by molar-refractivity contribution is 5.79. The fourth-order valence-corrected chi connectivity index (χ4v) is 4.07. The van der Waals surface area contributed by atoms with E-state index in [4.69, 9.17) is 0 Å². The molecular weight excluding hydrogens is 262 g/mol. The van der Waals surface area contributed by atoms with Gasteiger partial charge in [-0.05, 0) is 43.9 Å². The predicted molar refractivity (Wildman–Crippen MR) is 82.8 cm³/mol. The summed E-state index contributed by atoms with van der Waals surface area (Å²) >= 11 is 0. The normalized spacial score (nSPS) is 28.0. The molecule has 4 heteroatoms. The molecule has 1 fully saturated rings. The van der Waals surface area contributed by atoms with Gasteiger partial charge in [0.15, 0.2) is 0 Å². The number of aromatic nitrogens is 2. The molecule has 0 bridgehead atoms. The summed E-state index contributed by atoms with van der Waals surface area (Å²) in [5, 5.41) is 7.66. The van der Waals surface area contributed by atoms with Crippen molar-refractivity contribution in [2.24, 2.45) is 18.4 Å². The summed E-state index contributed by atoms with van der Waals surface area (Å²) in [7, 11) is 1.99. The lowest BCUT2D eigenvalue weighted by molar-refractivity contribution is -0.128. The SMILES string of the molecule is Cn1ncc2c1CCCC2NC(=O)C1CCCC(C)(C)C1. The lowest BCUT2D eigenvalue weighted by Gasteiger charge is -2.35. The molecule has 116 valence electrons. The van der Waals surface area contributed by atoms with Crippen molar-refractivity contribution in [3.63, 3.8) is 0 Å². The molecule has 2 aliphatic carbocycles. The first kappa shape index (κ1) is 14.6. The van der Waals surface area contributed by atoms with Gasteiger partial charge in [0.25, 0.3) is 0 Å². The number of nitrogens with zero attached hydrogens (tertiary/aromatic N) is 2. The minimum Gasteiger partial charge on any atom is -0.349 e. The van der Waals surface area contributed by atoms with E-state index in [1.54, 1.807) is 0 Å². The van der Waals surface area contributed by atoms with Crippen molar-refractivity contribution in [1.82, 2.24) is 15.1 Å². The molecular formula is C17H27N3O. The molecule has 1 aromatic rings. The van der Waals surface area contributed by atoms with Gasteiger partial charge in [0.05, 0.1) is 12.2 Å². The fourth-order valence-electron chi connectivity index (χ4n) is 4.07. The Kier molecular flexibility index (Phi) is 3.80. The molecule has 1 N–H and O–H groups in total. The van der Waals surface area contributed by atoms with Crippen molar-refractivity contribution in [2.45, 2.75) is 64.8 Å². The zero-order valence-corrected chi connectivity index (χ0v) is 13.5. The summed E-state index contributed by atoms with van der Waals surface area (Å²) in [6.45, 7) is 4.57. The second kappa shape index (κ2) is 5.47. The number of rotatable bonds is 2. The minimum absolute atomic E-state index is 0.167. The zero-order valence-electron chi connectivity index (χ0n) is 13.5. The number of fused-ring (bicyclic) bond motifs is 1. The summed E-state index contributed by atoms with van der Waals surface area (Å²) in [5.74, 6) is 0.445. The van der Waals surface area contributed by atoms with Crippen molar-refractivity contribution < 1.29 is 4.79 Å². The van der Waals surface area contributed by atoms with E-state index < -0.39 is 0 Å². The molecule has 3 rings (SSSR count). The van der Waals surface area contributed by atoms with E-state index in [-0.39, 0.29) is 17.9 Å². The molecule has 1 saturated carbocycles. The number of nitrogens with one attached hydrogen (secondary N) is 1. The maximum atomic E-state index is 12.6. The van der Waals surface area contributed by atoms with Crippen molar-refractivity contribution in [2.75, 3.05) is 0 Å². The van der Waals surface area contributed by atoms with Crippen molar-refractivity contribution in [3.05, 3.63) is 17.5 Å². The largest absolute Gasteiger partial charge is 0.349 e. The van der Waals surface area contributed by atoms with E-state index in [0.29, 0.717) is 5.41 Å². The van der Waals surface area contributed by atoms with Crippen LogP contribution in [0.15, 0.2) is 6.20 Å². The van der Waals surface area contributed by atoms with E-state index in [1.165, 1.54) is 24.1 Å². The highest BCUT2D eigenvalue weighted by Gasteiger charge is 2.33. The third kappa shape index (κ3) is 2.99. The van der Waals surface area contributed by atoms with Gasteiger partial charge in [0.1, 0.15) is 0 Å². The third-order valence-electron chi connectivity index (χ3n) is 5.27. The average molecular weight is 289 g/mol. The van der Waals surface area contributed by atoms with Crippen LogP contribution in [0, 0.1) is 11.3 Å². The Morgan fingerprint density at radius 2 is 2.19 bits per heavy atom. The first-order valence-corrected chi connectivity index (χ1v) is 8.27. The monoisotopic (exact) mass is 289 g/mol. The van der Waals surface area contributed by atoms with Gasteiger partial charge < -0.3 is 5.32 Å². The lowest BCUT2D eigenvalue weighted by Crippen LogP contribution is -2.38. The predicted octanol–water partition coefficient (Wildman–Crippen LogP) is 3.13. The Balaban J connectivity index is 1.68. The maximum absolute atomic E-state index is 12.6. The Hall–Kier alpha value is -1.32. The molecule has 0 spiro atoms. The molecule has 0 radical (unpaired) electrons. The molecule has 0 saturated heterocycles. The van der Waals surface area contributed by atoms with E-state index in [2.05, 4.69) is 24.3 Å². The highest BCUT2D eigenvalue weighted by atomic mass is 16.1. The van der Waals surface area contributed by atoms with Crippen molar-refractivity contribution >= 4 is 5.91 Å². The lowest BCUT2D eigenvalue weighted by atomic mass is 9.72. The molecule has 1 aromatic heterocycles. The summed E-state index contributed by atoms with van der Waals surface area (Å²) in [6, 6.07) is 0.167. The molecule has 2 atom stereocenters. The molecule has 0 aliphatic heterocycles. The quantitative estimate of drug-likeness (QED) is 0.909. The van der Waals surface area contributed by atoms with Crippen LogP contribution < -0.4 is 5.32 Å². The molecule has 2 unspecified atom stereocenters. The number of amides is 1. The number of carbonyl (C=O) groups is 1. The van der Waals surface area contributed by atoms with Crippen molar-refractivity contribution in [1.29, 1.82) is 0 Å². The van der Waals surface area contributed by atoms with Crippen LogP contribution in [0.4, 0.5) is 0 Å². The van der Waals surface area contributed by atoms with Gasteiger partial charge in [-0.1, -0.05) is 20.3 Å². The molecule has 21 heavy (non-hydrogen) atoms. The summed E-state index contributed by atoms with van der Waals surface area (Å²) in [5.41, 5.74) is 2.83. The first-order valence-electron chi connectivity index (χ1n) is 8.27. The van der Waals surface area contributed by atoms with Crippen LogP contribution in [-0.2, 0) is 18.3 Å². The number of carbonyl (C=O) groups excluding carboxylic acids is 1. The van der Waals surface area contributed by atoms with Crippen LogP contribution >= 0.6 is 0 Å². The Morgan fingerprint density at radius 3 is 2.95 bits per heavy atom. The summed E-state index contributed by atoms with van der Waals surface area (Å²) in [6.07, 6.45) is 9.67. The number of aryl methyl sites for hydroxylation is 1. The maximum Gasteiger partial charge on any atom is 0.223 e. The molecule has 0 aromatic carbocycles. The number of hydrogen-bond donors (Lipinski definition) is 1. The summed E-state index contributed by atoms with van der Waals surface area (Å²) in [4.78, 5) is 12.6. The van der Waals surface area contributed by atoms with Gasteiger partial charge >= 0.3 is 0 Å². The van der Waals surface area contributed by atoms with Crippen LogP contribution in [0.1, 0.15) is 69.7 Å². The van der Waals surface area contributed by atoms with Gasteiger partial charge in [-0.3, -0.25) is 9.48 Å². The van der Waals surface area contributed by atoms with Gasteiger partial charge in [0, 0.05) is 24.2 Å². The average Bonchev–Trinajstić information content (AvgIpc) is 2.81. The second-order valence-corrected chi connectivity index (χ2v) is 7.58. The van der Waals surface area contributed by atoms with Crippen LogP contribution in [0.25, 0.3) is 0 Å². The van der Waals surface area contributed by atoms with Crippen LogP contribution in [-0.4, -0.2) is 15.7 Å². The van der Waals surface area contributed by atoms with Crippen LogP contribution in [0.2, 0.25) is 0 Å². The van der Waals surface area contributed by atoms with E-state index in [1.807, 2.05) is 17.9 Å². The first-order chi connectivity index (χ1) is 9.96. The Morgan fingerprint density at radius 1 is 1.38 bits per heavy atom. The Labute approximate surface area is 127 Å². The van der Waals surface area contributed by atoms with E-state index in [9.17, 15) is 4.79 Å². The van der Waals surface area contributed by atoms with Crippen LogP contribution in [0.3, 0.4) is 0 Å². The molecule has 1 heterocycles. The van der Waals surface area contributed by atoms with Gasteiger partial charge in [0.2, 0.25) is 5.91 Å². The van der Waals surface area contributed by atoms with Gasteiger partial charge in [-0.25, -0.2) is 0 Å². The van der Waals surface area contributed by atoms with Gasteiger partial charge in [-0.2, -0.15) is 5.10 Å². The van der Waals surface area contributed by atoms with Gasteiger partial charge in [-0.15, -0.1) is 0 Å². The second-order valence-electron chi connectivity index (χ2n) is 7.58. The molecule has 4 nitrogen and oxygen atoms in total. The minimum atomic E-state index is 0.167. The summed E-state index contributed by atoms with van der Waals surface area (Å²) < 4.78 is 1.96. The Bertz CT molecular complexity index is 532. The van der Waals surface area contributed by atoms with E-state index >= 15 is 0 Å². The number of hydrogen-bond acceptors (Lipinski definition) is 2. The third-order valence-corrected chi connectivity index (χ3v) is 5.27. The smallest absolute Gasteiger partial charge is 0.223 e. The molecule has 1 amide bonds. The van der Waals surface area contributed by atoms with Crippen LogP contribution in [0.5, 0.6) is 0 Å². The topological polar surface area (TPSA) is 46.9 Å². The molecule has 2 aliphatic rings. The standard InChI is InChI=1S/C17H27N3O/c1-17(2)9-5-6-12(10-17)16(21)19-14-7-4-8-15-13(14)11-18-20(15)3/h11-12,14H,4-10H2,1-3H3,(H,19,21). The van der Waals surface area contributed by atoms with Crippen molar-refractivity contribution in [3.8, 4) is 0 Å². The highest BCUT2D eigenvalue weighted by Crippen LogP contribution is 2.39. The fraction of sp³-hybridized carbons (Fsp3) is 0.765. The zero-order chi connectivity index (χ0) is 15.0.